The summed E-state index contributed by atoms with van der Waals surface area (Å²) >= 11 is 12.3. The Bertz CT molecular complexity index is 573. The summed E-state index contributed by atoms with van der Waals surface area (Å²) in [5.41, 5.74) is 0. The highest BCUT2D eigenvalue weighted by Crippen LogP contribution is 2.29. The minimum Gasteiger partial charge on any atom is -0.469 e. The van der Waals surface area contributed by atoms with E-state index < -0.39 is 0 Å². The van der Waals surface area contributed by atoms with Gasteiger partial charge in [-0.2, -0.15) is 0 Å². The average molecular weight is 328 g/mol. The van der Waals surface area contributed by atoms with Crippen LogP contribution in [0.4, 0.5) is 11.6 Å². The fraction of sp³-hybridized carbons (Fsp3) is 0.400. The lowest BCUT2D eigenvalue weighted by molar-refractivity contribution is 0.495. The molecule has 6 heteroatoms. The first-order chi connectivity index (χ1) is 10.1. The highest BCUT2D eigenvalue weighted by molar-refractivity contribution is 6.37. The second kappa shape index (κ2) is 7.57. The molecule has 1 atom stereocenters. The van der Waals surface area contributed by atoms with E-state index in [0.29, 0.717) is 21.7 Å². The maximum absolute atomic E-state index is 6.19. The second-order valence-corrected chi connectivity index (χ2v) is 5.66. The summed E-state index contributed by atoms with van der Waals surface area (Å²) in [7, 11) is 0. The Morgan fingerprint density at radius 1 is 1.29 bits per heavy atom. The van der Waals surface area contributed by atoms with Crippen molar-refractivity contribution >= 4 is 34.8 Å². The van der Waals surface area contributed by atoms with Crippen LogP contribution in [0.2, 0.25) is 10.0 Å². The number of pyridine rings is 1. The van der Waals surface area contributed by atoms with E-state index in [1.807, 2.05) is 19.1 Å². The van der Waals surface area contributed by atoms with Crippen molar-refractivity contribution in [2.24, 2.45) is 0 Å². The zero-order valence-corrected chi connectivity index (χ0v) is 13.6. The van der Waals surface area contributed by atoms with Gasteiger partial charge in [-0.25, -0.2) is 4.98 Å². The van der Waals surface area contributed by atoms with Crippen LogP contribution in [0.25, 0.3) is 0 Å². The summed E-state index contributed by atoms with van der Waals surface area (Å²) in [6, 6.07) is 5.79. The van der Waals surface area contributed by atoms with E-state index in [1.54, 1.807) is 12.3 Å². The highest BCUT2D eigenvalue weighted by Gasteiger charge is 2.11. The van der Waals surface area contributed by atoms with Crippen LogP contribution < -0.4 is 10.6 Å². The summed E-state index contributed by atoms with van der Waals surface area (Å²) < 4.78 is 5.33. The number of aryl methyl sites for hydroxylation is 1. The lowest BCUT2D eigenvalue weighted by Crippen LogP contribution is -2.17. The van der Waals surface area contributed by atoms with Gasteiger partial charge in [0.05, 0.1) is 16.3 Å². The fourth-order valence-electron chi connectivity index (χ4n) is 1.98. The zero-order chi connectivity index (χ0) is 15.2. The molecule has 0 saturated carbocycles. The molecule has 2 aromatic heterocycles. The summed E-state index contributed by atoms with van der Waals surface area (Å²) in [4.78, 5) is 4.44. The minimum atomic E-state index is 0.218. The van der Waals surface area contributed by atoms with Crippen molar-refractivity contribution in [2.75, 3.05) is 17.2 Å². The van der Waals surface area contributed by atoms with Gasteiger partial charge in [-0.1, -0.05) is 23.2 Å². The molecule has 0 radical (unpaired) electrons. The fourth-order valence-corrected chi connectivity index (χ4v) is 2.46. The Morgan fingerprint density at radius 3 is 2.71 bits per heavy atom. The van der Waals surface area contributed by atoms with Crippen LogP contribution in [-0.4, -0.2) is 17.6 Å². The second-order valence-electron chi connectivity index (χ2n) is 4.84. The molecular formula is C15H19Cl2N3O. The van der Waals surface area contributed by atoms with Crippen molar-refractivity contribution in [2.45, 2.75) is 32.7 Å². The number of aromatic nitrogens is 1. The van der Waals surface area contributed by atoms with E-state index in [2.05, 4.69) is 22.5 Å². The quantitative estimate of drug-likeness (QED) is 0.763. The van der Waals surface area contributed by atoms with E-state index in [9.17, 15) is 0 Å². The Morgan fingerprint density at radius 2 is 2.05 bits per heavy atom. The van der Waals surface area contributed by atoms with E-state index >= 15 is 0 Å². The molecule has 2 heterocycles. The van der Waals surface area contributed by atoms with Gasteiger partial charge >= 0.3 is 0 Å². The molecule has 0 aliphatic carbocycles. The Kier molecular flexibility index (Phi) is 5.76. The summed E-state index contributed by atoms with van der Waals surface area (Å²) in [5.74, 6) is 2.26. The first kappa shape index (κ1) is 16.0. The Balaban J connectivity index is 1.99. The number of nitrogens with zero attached hydrogens (tertiary/aromatic N) is 1. The van der Waals surface area contributed by atoms with Gasteiger partial charge < -0.3 is 15.1 Å². The summed E-state index contributed by atoms with van der Waals surface area (Å²) in [6.07, 6.45) is 3.48. The van der Waals surface area contributed by atoms with Crippen molar-refractivity contribution in [1.82, 2.24) is 4.98 Å². The molecule has 0 aliphatic rings. The molecule has 114 valence electrons. The van der Waals surface area contributed by atoms with Gasteiger partial charge in [-0.05, 0) is 38.5 Å². The Labute approximate surface area is 134 Å². The van der Waals surface area contributed by atoms with Crippen molar-refractivity contribution in [3.05, 3.63) is 40.3 Å². The largest absolute Gasteiger partial charge is 0.469 e. The molecular weight excluding hydrogens is 309 g/mol. The van der Waals surface area contributed by atoms with E-state index in [-0.39, 0.29) is 6.04 Å². The number of halogens is 2. The van der Waals surface area contributed by atoms with Crippen LogP contribution in [0.1, 0.15) is 26.0 Å². The third-order valence-electron chi connectivity index (χ3n) is 3.06. The molecule has 0 aliphatic heterocycles. The molecule has 0 amide bonds. The maximum Gasteiger partial charge on any atom is 0.147 e. The predicted molar refractivity (Wildman–Crippen MR) is 88.5 cm³/mol. The number of nitrogens with one attached hydrogen (secondary N) is 2. The molecule has 0 aromatic carbocycles. The maximum atomic E-state index is 6.19. The SMILES string of the molecule is CCNc1nc(NC(C)CCc2ccco2)c(Cl)cc1Cl. The van der Waals surface area contributed by atoms with E-state index in [4.69, 9.17) is 27.6 Å². The van der Waals surface area contributed by atoms with Gasteiger partial charge in [0.2, 0.25) is 0 Å². The molecule has 4 nitrogen and oxygen atoms in total. The van der Waals surface area contributed by atoms with Gasteiger partial charge in [-0.3, -0.25) is 0 Å². The van der Waals surface area contributed by atoms with Gasteiger partial charge in [0.1, 0.15) is 17.4 Å². The lowest BCUT2D eigenvalue weighted by atomic mass is 10.1. The van der Waals surface area contributed by atoms with Gasteiger partial charge in [0.15, 0.2) is 0 Å². The molecule has 1 unspecified atom stereocenters. The van der Waals surface area contributed by atoms with Crippen molar-refractivity contribution in [1.29, 1.82) is 0 Å². The molecule has 2 N–H and O–H groups in total. The molecule has 2 rings (SSSR count). The first-order valence-electron chi connectivity index (χ1n) is 6.99. The van der Waals surface area contributed by atoms with E-state index in [1.165, 1.54) is 0 Å². The van der Waals surface area contributed by atoms with Crippen molar-refractivity contribution in [3.8, 4) is 0 Å². The first-order valence-corrected chi connectivity index (χ1v) is 7.74. The standard InChI is InChI=1S/C15H19Cl2N3O/c1-3-18-14-12(16)9-13(17)15(20-14)19-10(2)6-7-11-5-4-8-21-11/h4-5,8-10H,3,6-7H2,1-2H3,(H2,18,19,20). The monoisotopic (exact) mass is 327 g/mol. The lowest BCUT2D eigenvalue weighted by Gasteiger charge is -2.16. The van der Waals surface area contributed by atoms with Crippen LogP contribution >= 0.6 is 23.2 Å². The van der Waals surface area contributed by atoms with Gasteiger partial charge in [0.25, 0.3) is 0 Å². The number of anilines is 2. The van der Waals surface area contributed by atoms with E-state index in [0.717, 1.165) is 25.1 Å². The van der Waals surface area contributed by atoms with Crippen molar-refractivity contribution in [3.63, 3.8) is 0 Å². The zero-order valence-electron chi connectivity index (χ0n) is 12.1. The molecule has 0 saturated heterocycles. The minimum absolute atomic E-state index is 0.218. The van der Waals surface area contributed by atoms with Crippen LogP contribution in [0.5, 0.6) is 0 Å². The number of hydrogen-bond donors (Lipinski definition) is 2. The van der Waals surface area contributed by atoms with Crippen molar-refractivity contribution < 1.29 is 4.42 Å². The molecule has 0 bridgehead atoms. The smallest absolute Gasteiger partial charge is 0.147 e. The summed E-state index contributed by atoms with van der Waals surface area (Å²) in [5, 5.41) is 7.47. The average Bonchev–Trinajstić information content (AvgIpc) is 2.95. The van der Waals surface area contributed by atoms with Crippen LogP contribution in [0.15, 0.2) is 28.9 Å². The number of furan rings is 1. The molecule has 0 spiro atoms. The third-order valence-corrected chi connectivity index (χ3v) is 3.64. The van der Waals surface area contributed by atoms with Gasteiger partial charge in [0, 0.05) is 19.0 Å². The Hall–Kier alpha value is -1.39. The molecule has 21 heavy (non-hydrogen) atoms. The number of hydrogen-bond acceptors (Lipinski definition) is 4. The van der Waals surface area contributed by atoms with Crippen LogP contribution in [-0.2, 0) is 6.42 Å². The number of rotatable bonds is 7. The van der Waals surface area contributed by atoms with Crippen LogP contribution in [0.3, 0.4) is 0 Å². The third kappa shape index (κ3) is 4.55. The molecule has 2 aromatic rings. The normalized spacial score (nSPS) is 12.2. The molecule has 0 fully saturated rings. The summed E-state index contributed by atoms with van der Waals surface area (Å²) in [6.45, 7) is 4.83. The predicted octanol–water partition coefficient (Wildman–Crippen LogP) is 4.85. The van der Waals surface area contributed by atoms with Crippen LogP contribution in [0, 0.1) is 0 Å². The highest BCUT2D eigenvalue weighted by atomic mass is 35.5. The van der Waals surface area contributed by atoms with Gasteiger partial charge in [-0.15, -0.1) is 0 Å². The topological polar surface area (TPSA) is 50.1 Å².